The number of hydrogen-bond acceptors (Lipinski definition) is 5. The molecule has 0 radical (unpaired) electrons. The first kappa shape index (κ1) is 20.1. The molecular formula is C21H25N5OS. The molecule has 6 nitrogen and oxygen atoms in total. The molecule has 1 heterocycles. The molecular weight excluding hydrogens is 370 g/mol. The van der Waals surface area contributed by atoms with E-state index in [9.17, 15) is 4.79 Å². The first-order valence-corrected chi connectivity index (χ1v) is 10.4. The van der Waals surface area contributed by atoms with E-state index >= 15 is 0 Å². The summed E-state index contributed by atoms with van der Waals surface area (Å²) in [4.78, 5) is 12.5. The van der Waals surface area contributed by atoms with Crippen molar-refractivity contribution in [1.82, 2.24) is 20.2 Å². The second-order valence-corrected chi connectivity index (χ2v) is 7.84. The van der Waals surface area contributed by atoms with E-state index in [-0.39, 0.29) is 11.7 Å². The Bertz CT molecular complexity index is 969. The van der Waals surface area contributed by atoms with Gasteiger partial charge in [0.2, 0.25) is 11.1 Å². The van der Waals surface area contributed by atoms with E-state index in [1.165, 1.54) is 11.8 Å². The first-order valence-electron chi connectivity index (χ1n) is 9.37. The highest BCUT2D eigenvalue weighted by Crippen LogP contribution is 2.27. The second kappa shape index (κ2) is 9.01. The van der Waals surface area contributed by atoms with Crippen LogP contribution in [0.15, 0.2) is 47.6 Å². The summed E-state index contributed by atoms with van der Waals surface area (Å²) in [7, 11) is 0. The summed E-state index contributed by atoms with van der Waals surface area (Å²) in [5, 5.41) is 15.6. The van der Waals surface area contributed by atoms with E-state index in [4.69, 9.17) is 0 Å². The van der Waals surface area contributed by atoms with Crippen LogP contribution in [0.4, 0.5) is 5.69 Å². The smallest absolute Gasteiger partial charge is 0.234 e. The molecule has 0 unspecified atom stereocenters. The van der Waals surface area contributed by atoms with E-state index in [2.05, 4.69) is 46.8 Å². The number of thioether (sulfide) groups is 1. The summed E-state index contributed by atoms with van der Waals surface area (Å²) in [5.41, 5.74) is 5.16. The van der Waals surface area contributed by atoms with Crippen LogP contribution in [-0.4, -0.2) is 31.9 Å². The molecule has 0 spiro atoms. The zero-order valence-electron chi connectivity index (χ0n) is 16.6. The number of benzene rings is 2. The lowest BCUT2D eigenvalue weighted by atomic mass is 9.97. The number of carbonyl (C=O) groups excluding carboxylic acids is 1. The number of nitrogens with one attached hydrogen (secondary N) is 1. The summed E-state index contributed by atoms with van der Waals surface area (Å²) in [6.07, 6.45) is 1.02. The molecule has 3 aromatic rings. The predicted molar refractivity (Wildman–Crippen MR) is 113 cm³/mol. The van der Waals surface area contributed by atoms with Crippen molar-refractivity contribution in [3.05, 3.63) is 59.2 Å². The zero-order valence-corrected chi connectivity index (χ0v) is 17.5. The Morgan fingerprint density at radius 1 is 1.21 bits per heavy atom. The molecule has 3 rings (SSSR count). The lowest BCUT2D eigenvalue weighted by molar-refractivity contribution is -0.113. The Labute approximate surface area is 169 Å². The fraction of sp³-hybridized carbons (Fsp3) is 0.333. The molecule has 0 fully saturated rings. The average Bonchev–Trinajstić information content (AvgIpc) is 3.16. The largest absolute Gasteiger partial charge is 0.325 e. The van der Waals surface area contributed by atoms with E-state index in [0.29, 0.717) is 11.1 Å². The van der Waals surface area contributed by atoms with Gasteiger partial charge in [-0.05, 0) is 65.4 Å². The van der Waals surface area contributed by atoms with Gasteiger partial charge in [0.1, 0.15) is 0 Å². The highest BCUT2D eigenvalue weighted by atomic mass is 32.2. The van der Waals surface area contributed by atoms with Crippen LogP contribution in [0.1, 0.15) is 42.9 Å². The molecule has 7 heteroatoms. The highest BCUT2D eigenvalue weighted by molar-refractivity contribution is 7.99. The number of nitrogens with zero attached hydrogens (tertiary/aromatic N) is 4. The number of rotatable bonds is 7. The molecule has 1 aromatic heterocycles. The molecule has 2 aromatic carbocycles. The Kier molecular flexibility index (Phi) is 6.46. The lowest BCUT2D eigenvalue weighted by Gasteiger charge is -2.15. The van der Waals surface area contributed by atoms with Crippen LogP contribution in [0.3, 0.4) is 0 Å². The van der Waals surface area contributed by atoms with E-state index < -0.39 is 0 Å². The normalized spacial score (nSPS) is 12.0. The van der Waals surface area contributed by atoms with Gasteiger partial charge < -0.3 is 5.32 Å². The van der Waals surface area contributed by atoms with Gasteiger partial charge in [0, 0.05) is 5.69 Å². The SMILES string of the molecule is CC[C@H](C)c1ccccc1NC(=O)CSc1nnnn1-c1cc(C)ccc1C. The molecule has 0 aliphatic rings. The summed E-state index contributed by atoms with van der Waals surface area (Å²) in [6, 6.07) is 14.1. The van der Waals surface area contributed by atoms with Crippen LogP contribution in [0.5, 0.6) is 0 Å². The standard InChI is InChI=1S/C21H25N5OS/c1-5-15(3)17-8-6-7-9-18(17)22-20(27)13-28-21-23-24-25-26(21)19-12-14(2)10-11-16(19)4/h6-12,15H,5,13H2,1-4H3,(H,22,27)/t15-/m0/s1. The Morgan fingerprint density at radius 3 is 2.79 bits per heavy atom. The van der Waals surface area contributed by atoms with Crippen LogP contribution in [-0.2, 0) is 4.79 Å². The maximum Gasteiger partial charge on any atom is 0.234 e. The van der Waals surface area contributed by atoms with Crippen LogP contribution in [0, 0.1) is 13.8 Å². The van der Waals surface area contributed by atoms with Gasteiger partial charge in [0.25, 0.3) is 0 Å². The number of hydrogen-bond donors (Lipinski definition) is 1. The quantitative estimate of drug-likeness (QED) is 0.595. The number of para-hydroxylation sites is 1. The molecule has 1 atom stereocenters. The van der Waals surface area contributed by atoms with Crippen molar-refractivity contribution < 1.29 is 4.79 Å². The molecule has 1 amide bonds. The number of aryl methyl sites for hydroxylation is 2. The summed E-state index contributed by atoms with van der Waals surface area (Å²) in [6.45, 7) is 8.36. The van der Waals surface area contributed by atoms with Crippen molar-refractivity contribution >= 4 is 23.4 Å². The number of tetrazole rings is 1. The maximum atomic E-state index is 12.5. The van der Waals surface area contributed by atoms with Crippen molar-refractivity contribution in [2.75, 3.05) is 11.1 Å². The van der Waals surface area contributed by atoms with Crippen LogP contribution in [0.25, 0.3) is 5.69 Å². The molecule has 0 saturated heterocycles. The minimum absolute atomic E-state index is 0.0729. The number of anilines is 1. The molecule has 1 N–H and O–H groups in total. The van der Waals surface area contributed by atoms with Crippen molar-refractivity contribution in [3.8, 4) is 5.69 Å². The minimum Gasteiger partial charge on any atom is -0.325 e. The minimum atomic E-state index is -0.0729. The van der Waals surface area contributed by atoms with Gasteiger partial charge in [-0.3, -0.25) is 4.79 Å². The zero-order chi connectivity index (χ0) is 20.1. The van der Waals surface area contributed by atoms with E-state index in [1.807, 2.05) is 44.2 Å². The molecule has 0 saturated carbocycles. The Balaban J connectivity index is 1.70. The van der Waals surface area contributed by atoms with Gasteiger partial charge in [0.05, 0.1) is 11.4 Å². The molecule has 0 bridgehead atoms. The molecule has 0 aliphatic heterocycles. The summed E-state index contributed by atoms with van der Waals surface area (Å²) in [5.74, 6) is 0.553. The van der Waals surface area contributed by atoms with E-state index in [0.717, 1.165) is 34.5 Å². The van der Waals surface area contributed by atoms with Gasteiger partial charge in [-0.2, -0.15) is 4.68 Å². The third-order valence-electron chi connectivity index (χ3n) is 4.74. The van der Waals surface area contributed by atoms with Gasteiger partial charge in [-0.1, -0.05) is 55.9 Å². The van der Waals surface area contributed by atoms with Crippen molar-refractivity contribution in [2.24, 2.45) is 0 Å². The lowest BCUT2D eigenvalue weighted by Crippen LogP contribution is -2.16. The summed E-state index contributed by atoms with van der Waals surface area (Å²) >= 11 is 1.33. The van der Waals surface area contributed by atoms with Crippen molar-refractivity contribution in [3.63, 3.8) is 0 Å². The number of carbonyl (C=O) groups is 1. The van der Waals surface area contributed by atoms with Gasteiger partial charge in [0.15, 0.2) is 0 Å². The van der Waals surface area contributed by atoms with Crippen LogP contribution < -0.4 is 5.32 Å². The summed E-state index contributed by atoms with van der Waals surface area (Å²) < 4.78 is 1.69. The van der Waals surface area contributed by atoms with E-state index in [1.54, 1.807) is 4.68 Å². The monoisotopic (exact) mass is 395 g/mol. The average molecular weight is 396 g/mol. The molecule has 0 aliphatic carbocycles. The van der Waals surface area contributed by atoms with Gasteiger partial charge >= 0.3 is 0 Å². The van der Waals surface area contributed by atoms with Crippen LogP contribution in [0.2, 0.25) is 0 Å². The third kappa shape index (κ3) is 4.59. The first-order chi connectivity index (χ1) is 13.5. The third-order valence-corrected chi connectivity index (χ3v) is 5.66. The van der Waals surface area contributed by atoms with Gasteiger partial charge in [-0.25, -0.2) is 0 Å². The van der Waals surface area contributed by atoms with Gasteiger partial charge in [-0.15, -0.1) is 5.10 Å². The number of amides is 1. The topological polar surface area (TPSA) is 72.7 Å². The predicted octanol–water partition coefficient (Wildman–Crippen LogP) is 4.52. The Hall–Kier alpha value is -2.67. The van der Waals surface area contributed by atoms with Crippen LogP contribution >= 0.6 is 11.8 Å². The number of aromatic nitrogens is 4. The maximum absolute atomic E-state index is 12.5. The molecule has 28 heavy (non-hydrogen) atoms. The second-order valence-electron chi connectivity index (χ2n) is 6.90. The highest BCUT2D eigenvalue weighted by Gasteiger charge is 2.15. The van der Waals surface area contributed by atoms with Crippen molar-refractivity contribution in [2.45, 2.75) is 45.2 Å². The van der Waals surface area contributed by atoms with Crippen molar-refractivity contribution in [1.29, 1.82) is 0 Å². The fourth-order valence-corrected chi connectivity index (χ4v) is 3.63. The fourth-order valence-electron chi connectivity index (χ4n) is 2.94. The Morgan fingerprint density at radius 2 is 2.00 bits per heavy atom. The molecule has 146 valence electrons.